The van der Waals surface area contributed by atoms with Gasteiger partial charge in [0.05, 0.1) is 50.8 Å². The number of ether oxygens (including phenoxy) is 3. The maximum absolute atomic E-state index is 15.3. The van der Waals surface area contributed by atoms with Crippen LogP contribution in [-0.4, -0.2) is 66.9 Å². The summed E-state index contributed by atoms with van der Waals surface area (Å²) in [4.78, 5) is 25.4. The number of aromatic nitrogens is 3. The van der Waals surface area contributed by atoms with Crippen LogP contribution in [0.3, 0.4) is 0 Å². The summed E-state index contributed by atoms with van der Waals surface area (Å²) in [5, 5.41) is 9.85. The highest BCUT2D eigenvalue weighted by atomic mass is 19.1. The van der Waals surface area contributed by atoms with E-state index in [2.05, 4.69) is 37.5 Å². The Morgan fingerprint density at radius 3 is 2.50 bits per heavy atom. The Balaban J connectivity index is 1.54. The van der Waals surface area contributed by atoms with Crippen molar-refractivity contribution in [3.8, 4) is 22.8 Å². The molecule has 1 amide bonds. The van der Waals surface area contributed by atoms with Gasteiger partial charge in [0.1, 0.15) is 5.52 Å². The molecule has 3 N–H and O–H groups in total. The van der Waals surface area contributed by atoms with E-state index >= 15 is 8.78 Å². The third-order valence-corrected chi connectivity index (χ3v) is 6.56. The molecular formula is C26H28F2N6O4. The molecule has 2 atom stereocenters. The Morgan fingerprint density at radius 2 is 1.84 bits per heavy atom. The summed E-state index contributed by atoms with van der Waals surface area (Å²) < 4.78 is 46.2. The average Bonchev–Trinajstić information content (AvgIpc) is 3.66. The summed E-state index contributed by atoms with van der Waals surface area (Å²) in [6.07, 6.45) is 4.95. The zero-order valence-corrected chi connectivity index (χ0v) is 21.0. The van der Waals surface area contributed by atoms with Gasteiger partial charge in [0.2, 0.25) is 11.9 Å². The molecule has 1 saturated carbocycles. The molecule has 0 radical (unpaired) electrons. The van der Waals surface area contributed by atoms with Crippen LogP contribution < -0.4 is 25.4 Å². The number of nitrogens with one attached hydrogen (secondary N) is 3. The highest BCUT2D eigenvalue weighted by Crippen LogP contribution is 2.39. The van der Waals surface area contributed by atoms with Gasteiger partial charge in [-0.1, -0.05) is 6.58 Å². The van der Waals surface area contributed by atoms with E-state index in [-0.39, 0.29) is 40.7 Å². The molecule has 0 bridgehead atoms. The Labute approximate surface area is 217 Å². The molecule has 3 aromatic rings. The van der Waals surface area contributed by atoms with E-state index in [1.165, 1.54) is 26.4 Å². The topological polar surface area (TPSA) is 120 Å². The van der Waals surface area contributed by atoms with Crippen LogP contribution in [0.2, 0.25) is 0 Å². The summed E-state index contributed by atoms with van der Waals surface area (Å²) in [5.41, 5.74) is 0.153. The molecule has 12 heteroatoms. The standard InChI is InChI=1S/C26H28F2N6O4/c1-4-20(35)31-16-11-38-12-17(16)33-26-30-10-14-7-15(32-25(24(14)34-26)29-9-13-5-6-13)21-22(27)18(36-2)8-19(37-3)23(21)28/h4,7-8,10,13,16-17H,1,5-6,9,11-12H2,2-3H3,(H,29,32)(H,31,35)(H,30,33,34)/t16-,17+/m0/s1. The van der Waals surface area contributed by atoms with Crippen LogP contribution in [0.5, 0.6) is 11.5 Å². The number of halogens is 2. The normalized spacial score (nSPS) is 18.7. The van der Waals surface area contributed by atoms with Crippen LogP contribution in [0.4, 0.5) is 20.5 Å². The zero-order chi connectivity index (χ0) is 26.8. The van der Waals surface area contributed by atoms with Gasteiger partial charge >= 0.3 is 0 Å². The van der Waals surface area contributed by atoms with Crippen molar-refractivity contribution in [2.24, 2.45) is 5.92 Å². The Bertz CT molecular complexity index is 1360. The SMILES string of the molecule is C=CC(=O)N[C@H]1COC[C@H]1Nc1ncc2cc(-c3c(F)c(OC)cc(OC)c3F)nc(NCC3CC3)c2n1. The van der Waals surface area contributed by atoms with Gasteiger partial charge in [-0.3, -0.25) is 4.79 Å². The first kappa shape index (κ1) is 25.6. The van der Waals surface area contributed by atoms with Gasteiger partial charge in [-0.15, -0.1) is 0 Å². The first-order valence-electron chi connectivity index (χ1n) is 12.2. The van der Waals surface area contributed by atoms with E-state index in [4.69, 9.17) is 14.2 Å². The molecule has 1 saturated heterocycles. The van der Waals surface area contributed by atoms with Crippen LogP contribution in [0.25, 0.3) is 22.2 Å². The second-order valence-electron chi connectivity index (χ2n) is 9.20. The molecule has 2 aliphatic rings. The highest BCUT2D eigenvalue weighted by Gasteiger charge is 2.30. The number of carbonyl (C=O) groups is 1. The van der Waals surface area contributed by atoms with Gasteiger partial charge in [0, 0.05) is 24.2 Å². The second-order valence-corrected chi connectivity index (χ2v) is 9.20. The molecule has 1 aliphatic carbocycles. The highest BCUT2D eigenvalue weighted by molar-refractivity contribution is 5.92. The van der Waals surface area contributed by atoms with E-state index in [0.717, 1.165) is 18.9 Å². The minimum atomic E-state index is -0.890. The largest absolute Gasteiger partial charge is 0.494 e. The van der Waals surface area contributed by atoms with Crippen molar-refractivity contribution in [1.82, 2.24) is 20.3 Å². The number of benzene rings is 1. The number of rotatable bonds is 10. The smallest absolute Gasteiger partial charge is 0.243 e. The predicted octanol–water partition coefficient (Wildman–Crippen LogP) is 3.29. The Hall–Kier alpha value is -4.06. The Kier molecular flexibility index (Phi) is 7.23. The molecule has 10 nitrogen and oxygen atoms in total. The lowest BCUT2D eigenvalue weighted by atomic mass is 10.1. The number of methoxy groups -OCH3 is 2. The lowest BCUT2D eigenvalue weighted by Gasteiger charge is -2.20. The van der Waals surface area contributed by atoms with Crippen molar-refractivity contribution in [2.75, 3.05) is 44.6 Å². The fraction of sp³-hybridized carbons (Fsp3) is 0.385. The van der Waals surface area contributed by atoms with Gasteiger partial charge in [-0.25, -0.2) is 23.7 Å². The zero-order valence-electron chi connectivity index (χ0n) is 21.0. The van der Waals surface area contributed by atoms with Crippen LogP contribution in [0, 0.1) is 17.6 Å². The summed E-state index contributed by atoms with van der Waals surface area (Å²) in [6.45, 7) is 4.81. The van der Waals surface area contributed by atoms with Gasteiger partial charge in [-0.05, 0) is 30.9 Å². The number of hydrogen-bond donors (Lipinski definition) is 3. The van der Waals surface area contributed by atoms with Crippen molar-refractivity contribution in [3.63, 3.8) is 0 Å². The number of carbonyl (C=O) groups excluding carboxylic acids is 1. The van der Waals surface area contributed by atoms with E-state index in [0.29, 0.717) is 48.3 Å². The molecule has 5 rings (SSSR count). The number of amides is 1. The molecule has 2 fully saturated rings. The molecule has 0 spiro atoms. The summed E-state index contributed by atoms with van der Waals surface area (Å²) >= 11 is 0. The molecule has 2 aromatic heterocycles. The molecule has 200 valence electrons. The van der Waals surface area contributed by atoms with Crippen LogP contribution in [0.1, 0.15) is 12.8 Å². The minimum Gasteiger partial charge on any atom is -0.494 e. The predicted molar refractivity (Wildman–Crippen MR) is 137 cm³/mol. The summed E-state index contributed by atoms with van der Waals surface area (Å²) in [5.74, 6) is -1.24. The van der Waals surface area contributed by atoms with E-state index < -0.39 is 11.6 Å². The second kappa shape index (κ2) is 10.7. The van der Waals surface area contributed by atoms with Crippen molar-refractivity contribution >= 4 is 28.6 Å². The number of nitrogens with zero attached hydrogens (tertiary/aromatic N) is 3. The van der Waals surface area contributed by atoms with Crippen molar-refractivity contribution in [3.05, 3.63) is 42.6 Å². The molecule has 0 unspecified atom stereocenters. The first-order chi connectivity index (χ1) is 18.4. The van der Waals surface area contributed by atoms with E-state index in [1.54, 1.807) is 6.20 Å². The maximum atomic E-state index is 15.3. The monoisotopic (exact) mass is 526 g/mol. The van der Waals surface area contributed by atoms with Crippen molar-refractivity contribution in [1.29, 1.82) is 0 Å². The van der Waals surface area contributed by atoms with Gasteiger partial charge in [0.25, 0.3) is 0 Å². The molecule has 1 aromatic carbocycles. The maximum Gasteiger partial charge on any atom is 0.243 e. The van der Waals surface area contributed by atoms with Crippen molar-refractivity contribution < 1.29 is 27.8 Å². The Morgan fingerprint density at radius 1 is 1.13 bits per heavy atom. The fourth-order valence-electron chi connectivity index (χ4n) is 4.28. The van der Waals surface area contributed by atoms with Crippen LogP contribution >= 0.6 is 0 Å². The van der Waals surface area contributed by atoms with Gasteiger partial charge < -0.3 is 30.2 Å². The summed E-state index contributed by atoms with van der Waals surface area (Å²) in [7, 11) is 2.59. The van der Waals surface area contributed by atoms with E-state index in [9.17, 15) is 4.79 Å². The van der Waals surface area contributed by atoms with E-state index in [1.807, 2.05) is 0 Å². The minimum absolute atomic E-state index is 0.0451. The molecule has 1 aliphatic heterocycles. The van der Waals surface area contributed by atoms with Crippen LogP contribution in [-0.2, 0) is 9.53 Å². The summed E-state index contributed by atoms with van der Waals surface area (Å²) in [6, 6.07) is 2.12. The average molecular weight is 527 g/mol. The first-order valence-corrected chi connectivity index (χ1v) is 12.2. The number of hydrogen-bond acceptors (Lipinski definition) is 9. The van der Waals surface area contributed by atoms with Gasteiger partial charge in [-0.2, -0.15) is 0 Å². The quantitative estimate of drug-likeness (QED) is 0.342. The fourth-order valence-corrected chi connectivity index (χ4v) is 4.28. The number of pyridine rings is 1. The number of anilines is 2. The molecule has 38 heavy (non-hydrogen) atoms. The van der Waals surface area contributed by atoms with Crippen LogP contribution in [0.15, 0.2) is 31.0 Å². The molecule has 3 heterocycles. The lowest BCUT2D eigenvalue weighted by Crippen LogP contribution is -2.45. The third kappa shape index (κ3) is 5.17. The third-order valence-electron chi connectivity index (χ3n) is 6.56. The lowest BCUT2D eigenvalue weighted by molar-refractivity contribution is -0.117. The van der Waals surface area contributed by atoms with Gasteiger partial charge in [0.15, 0.2) is 29.0 Å². The number of fused-ring (bicyclic) bond motifs is 1. The molecular weight excluding hydrogens is 498 g/mol. The van der Waals surface area contributed by atoms with Crippen molar-refractivity contribution in [2.45, 2.75) is 24.9 Å².